The van der Waals surface area contributed by atoms with Crippen LogP contribution in [0.1, 0.15) is 45.4 Å². The van der Waals surface area contributed by atoms with Crippen LogP contribution in [0, 0.1) is 11.8 Å². The van der Waals surface area contributed by atoms with Crippen LogP contribution in [0.4, 0.5) is 4.79 Å². The van der Waals surface area contributed by atoms with Crippen molar-refractivity contribution < 1.29 is 19.4 Å². The predicted molar refractivity (Wildman–Crippen MR) is 113 cm³/mol. The maximum absolute atomic E-state index is 13.1. The lowest BCUT2D eigenvalue weighted by molar-refractivity contribution is -0.146. The number of carbonyl (C=O) groups excluding carboxylic acids is 1. The van der Waals surface area contributed by atoms with Crippen LogP contribution in [0.15, 0.2) is 11.8 Å². The van der Waals surface area contributed by atoms with Crippen LogP contribution in [0.3, 0.4) is 0 Å². The summed E-state index contributed by atoms with van der Waals surface area (Å²) in [4.78, 5) is 28.3. The second-order valence-corrected chi connectivity index (χ2v) is 9.33. The van der Waals surface area contributed by atoms with Gasteiger partial charge in [0.05, 0.1) is 6.61 Å². The van der Waals surface area contributed by atoms with E-state index in [-0.39, 0.29) is 12.0 Å². The van der Waals surface area contributed by atoms with E-state index in [4.69, 9.17) is 9.84 Å². The van der Waals surface area contributed by atoms with Gasteiger partial charge in [0.1, 0.15) is 6.10 Å². The molecule has 4 atom stereocenters. The van der Waals surface area contributed by atoms with E-state index in [0.717, 1.165) is 45.3 Å². The Bertz CT molecular complexity index is 660. The quantitative estimate of drug-likeness (QED) is 0.517. The fourth-order valence-corrected chi connectivity index (χ4v) is 5.43. The number of nitrogens with zero attached hydrogens (tertiary/aromatic N) is 2. The number of amides is 2. The van der Waals surface area contributed by atoms with Gasteiger partial charge in [-0.2, -0.15) is 0 Å². The molecule has 2 aliphatic carbocycles. The molecule has 0 radical (unpaired) electrons. The minimum atomic E-state index is -0.958. The summed E-state index contributed by atoms with van der Waals surface area (Å²) in [5, 5.41) is 14.5. The average molecular weight is 421 g/mol. The van der Waals surface area contributed by atoms with Crippen molar-refractivity contribution >= 4 is 12.0 Å². The van der Waals surface area contributed by atoms with E-state index in [1.807, 2.05) is 0 Å². The lowest BCUT2D eigenvalue weighted by atomic mass is 9.76. The van der Waals surface area contributed by atoms with Gasteiger partial charge in [-0.25, -0.2) is 4.79 Å². The normalized spacial score (nSPS) is 31.1. The molecule has 30 heavy (non-hydrogen) atoms. The number of ether oxygens (including phenoxy) is 1. The van der Waals surface area contributed by atoms with Gasteiger partial charge >= 0.3 is 6.09 Å². The highest BCUT2D eigenvalue weighted by Crippen LogP contribution is 2.42. The largest absolute Gasteiger partial charge is 0.465 e. The van der Waals surface area contributed by atoms with Crippen molar-refractivity contribution in [2.45, 2.75) is 63.6 Å². The Hall–Kier alpha value is -1.80. The maximum atomic E-state index is 13.1. The fourth-order valence-electron chi connectivity index (χ4n) is 5.43. The second kappa shape index (κ2) is 9.56. The number of hydrogen-bond donors (Lipinski definition) is 3. The highest BCUT2D eigenvalue weighted by atomic mass is 16.5. The molecule has 0 aromatic heterocycles. The van der Waals surface area contributed by atoms with Crippen molar-refractivity contribution in [3.05, 3.63) is 11.8 Å². The Morgan fingerprint density at radius 2 is 2.17 bits per heavy atom. The molecule has 8 nitrogen and oxygen atoms in total. The van der Waals surface area contributed by atoms with Crippen LogP contribution in [0.25, 0.3) is 0 Å². The summed E-state index contributed by atoms with van der Waals surface area (Å²) in [7, 11) is 0. The van der Waals surface area contributed by atoms with E-state index in [2.05, 4.69) is 33.6 Å². The van der Waals surface area contributed by atoms with Crippen LogP contribution in [0.5, 0.6) is 0 Å². The Morgan fingerprint density at radius 1 is 1.33 bits per heavy atom. The third-order valence-electron chi connectivity index (χ3n) is 7.10. The van der Waals surface area contributed by atoms with Gasteiger partial charge in [0.15, 0.2) is 0 Å². The van der Waals surface area contributed by atoms with Crippen molar-refractivity contribution in [3.63, 3.8) is 0 Å². The molecule has 0 aromatic carbocycles. The molecule has 2 heterocycles. The first-order valence-electron chi connectivity index (χ1n) is 11.6. The monoisotopic (exact) mass is 420 g/mol. The molecular formula is C22H36N4O4. The van der Waals surface area contributed by atoms with E-state index in [1.165, 1.54) is 18.4 Å². The van der Waals surface area contributed by atoms with Gasteiger partial charge in [-0.15, -0.1) is 0 Å². The topological polar surface area (TPSA) is 94.1 Å². The van der Waals surface area contributed by atoms with Gasteiger partial charge in [0, 0.05) is 50.7 Å². The maximum Gasteiger partial charge on any atom is 0.404 e. The van der Waals surface area contributed by atoms with Crippen molar-refractivity contribution in [3.8, 4) is 0 Å². The molecular weight excluding hydrogens is 384 g/mol. The van der Waals surface area contributed by atoms with Crippen LogP contribution in [-0.2, 0) is 9.53 Å². The third-order valence-corrected chi connectivity index (χ3v) is 7.10. The third kappa shape index (κ3) is 5.09. The van der Waals surface area contributed by atoms with Crippen LogP contribution in [0.2, 0.25) is 0 Å². The Kier molecular flexibility index (Phi) is 6.83. The van der Waals surface area contributed by atoms with Crippen molar-refractivity contribution in [1.82, 2.24) is 20.4 Å². The van der Waals surface area contributed by atoms with Crippen molar-refractivity contribution in [2.75, 3.05) is 39.3 Å². The molecule has 4 rings (SSSR count). The first-order valence-corrected chi connectivity index (χ1v) is 11.6. The molecule has 168 valence electrons. The Balaban J connectivity index is 1.32. The number of carboxylic acid groups (broad SMARTS) is 1. The van der Waals surface area contributed by atoms with Gasteiger partial charge in [0.2, 0.25) is 0 Å². The van der Waals surface area contributed by atoms with E-state index in [0.29, 0.717) is 43.6 Å². The van der Waals surface area contributed by atoms with Crippen LogP contribution in [-0.4, -0.2) is 84.4 Å². The van der Waals surface area contributed by atoms with E-state index >= 15 is 0 Å². The summed E-state index contributed by atoms with van der Waals surface area (Å²) in [5.41, 5.74) is 1.45. The zero-order chi connectivity index (χ0) is 21.1. The molecule has 0 spiro atoms. The van der Waals surface area contributed by atoms with E-state index in [9.17, 15) is 9.59 Å². The van der Waals surface area contributed by atoms with Crippen LogP contribution < -0.4 is 10.6 Å². The lowest BCUT2D eigenvalue weighted by Gasteiger charge is -2.40. The van der Waals surface area contributed by atoms with E-state index < -0.39 is 6.09 Å². The molecule has 2 saturated carbocycles. The van der Waals surface area contributed by atoms with E-state index in [1.54, 1.807) is 0 Å². The number of nitrogens with one attached hydrogen (secondary N) is 2. The number of morpholine rings is 1. The van der Waals surface area contributed by atoms with Crippen LogP contribution >= 0.6 is 0 Å². The molecule has 3 N–H and O–H groups in total. The summed E-state index contributed by atoms with van der Waals surface area (Å²) in [5.74, 6) is 1.29. The molecule has 0 bridgehead atoms. The summed E-state index contributed by atoms with van der Waals surface area (Å²) in [6, 6.07) is 0.889. The SMILES string of the molecule is CC1=CN(CCCNC(=O)O)C2CC(CN(C(=O)C3CNCCO3)C3CC3)CCC12. The summed E-state index contributed by atoms with van der Waals surface area (Å²) < 4.78 is 5.74. The molecule has 4 aliphatic rings. The molecule has 2 aliphatic heterocycles. The highest BCUT2D eigenvalue weighted by molar-refractivity contribution is 5.82. The summed E-state index contributed by atoms with van der Waals surface area (Å²) in [6.45, 7) is 6.48. The summed E-state index contributed by atoms with van der Waals surface area (Å²) >= 11 is 0. The number of rotatable bonds is 8. The van der Waals surface area contributed by atoms with Gasteiger partial charge in [-0.05, 0) is 57.6 Å². The molecule has 2 amide bonds. The van der Waals surface area contributed by atoms with Gasteiger partial charge in [-0.3, -0.25) is 4.79 Å². The minimum Gasteiger partial charge on any atom is -0.465 e. The fraction of sp³-hybridized carbons (Fsp3) is 0.818. The molecule has 1 saturated heterocycles. The van der Waals surface area contributed by atoms with Crippen molar-refractivity contribution in [2.24, 2.45) is 11.8 Å². The Morgan fingerprint density at radius 3 is 2.87 bits per heavy atom. The molecule has 4 unspecified atom stereocenters. The zero-order valence-corrected chi connectivity index (χ0v) is 18.0. The molecule has 0 aromatic rings. The van der Waals surface area contributed by atoms with Crippen molar-refractivity contribution in [1.29, 1.82) is 0 Å². The smallest absolute Gasteiger partial charge is 0.404 e. The minimum absolute atomic E-state index is 0.171. The molecule has 3 fully saturated rings. The van der Waals surface area contributed by atoms with Gasteiger partial charge in [0.25, 0.3) is 5.91 Å². The molecule has 8 heteroatoms. The lowest BCUT2D eigenvalue weighted by Crippen LogP contribution is -2.52. The average Bonchev–Trinajstić information content (AvgIpc) is 3.54. The Labute approximate surface area is 179 Å². The zero-order valence-electron chi connectivity index (χ0n) is 18.0. The number of carbonyl (C=O) groups is 2. The van der Waals surface area contributed by atoms with Gasteiger partial charge in [-0.1, -0.05) is 5.57 Å². The summed E-state index contributed by atoms with van der Waals surface area (Å²) in [6.07, 6.45) is 7.49. The highest BCUT2D eigenvalue weighted by Gasteiger charge is 2.42. The first kappa shape index (κ1) is 21.4. The predicted octanol–water partition coefficient (Wildman–Crippen LogP) is 1.63. The first-order chi connectivity index (χ1) is 14.5. The second-order valence-electron chi connectivity index (χ2n) is 9.33. The standard InChI is InChI=1S/C22H36N4O4/c1-15-13-25(9-2-7-24-22(28)29)19-11-16(3-6-18(15)19)14-26(17-4-5-17)21(27)20-12-23-8-10-30-20/h13,16-20,23-24H,2-12,14H2,1H3,(H,28,29). The number of hydrogen-bond acceptors (Lipinski definition) is 5. The van der Waals surface area contributed by atoms with Gasteiger partial charge < -0.3 is 30.3 Å². The number of fused-ring (bicyclic) bond motifs is 1.